The number of H-pyrrole nitrogens is 1. The zero-order chi connectivity index (χ0) is 11.4. The zero-order valence-corrected chi connectivity index (χ0v) is 9.53. The third-order valence-electron chi connectivity index (χ3n) is 2.57. The lowest BCUT2D eigenvalue weighted by Crippen LogP contribution is -1.93. The van der Waals surface area contributed by atoms with E-state index in [2.05, 4.69) is 26.9 Å². The van der Waals surface area contributed by atoms with Crippen LogP contribution in [0.5, 0.6) is 0 Å². The molecule has 0 aliphatic heterocycles. The molecule has 0 spiro atoms. The maximum atomic E-state index is 5.50. The molecule has 0 saturated carbocycles. The summed E-state index contributed by atoms with van der Waals surface area (Å²) in [6.45, 7) is 2.21. The Balaban J connectivity index is 2.02. The maximum Gasteiger partial charge on any atom is 0.222 e. The second kappa shape index (κ2) is 4.92. The molecule has 0 bridgehead atoms. The average Bonchev–Trinajstić information content (AvgIpc) is 2.66. The first-order valence-electron chi connectivity index (χ1n) is 5.76. The molecule has 2 heterocycles. The number of nitrogens with zero attached hydrogens (tertiary/aromatic N) is 3. The number of aryl methyl sites for hydroxylation is 1. The second-order valence-corrected chi connectivity index (χ2v) is 3.96. The van der Waals surface area contributed by atoms with E-state index in [0.717, 1.165) is 24.2 Å². The smallest absolute Gasteiger partial charge is 0.222 e. The number of fused-ring (bicyclic) bond motifs is 1. The Morgan fingerprint density at radius 1 is 1.25 bits per heavy atom. The van der Waals surface area contributed by atoms with E-state index >= 15 is 0 Å². The van der Waals surface area contributed by atoms with Crippen molar-refractivity contribution in [1.29, 1.82) is 0 Å². The summed E-state index contributed by atoms with van der Waals surface area (Å²) in [4.78, 5) is 15.6. The molecule has 5 heteroatoms. The Morgan fingerprint density at radius 2 is 2.12 bits per heavy atom. The van der Waals surface area contributed by atoms with Crippen molar-refractivity contribution >= 4 is 17.1 Å². The number of aromatic amines is 1. The average molecular weight is 219 g/mol. The van der Waals surface area contributed by atoms with Gasteiger partial charge in [-0.05, 0) is 6.42 Å². The number of unbranched alkanes of at least 4 members (excludes halogenated alkanes) is 3. The van der Waals surface area contributed by atoms with Crippen LogP contribution in [0.1, 0.15) is 38.4 Å². The molecule has 86 valence electrons. The highest BCUT2D eigenvalue weighted by Gasteiger charge is 2.04. The van der Waals surface area contributed by atoms with Crippen LogP contribution in [0.4, 0.5) is 5.95 Å². The van der Waals surface area contributed by atoms with E-state index in [1.807, 2.05) is 0 Å². The number of imidazole rings is 1. The first-order valence-corrected chi connectivity index (χ1v) is 5.76. The monoisotopic (exact) mass is 219 g/mol. The molecule has 0 aliphatic carbocycles. The SMILES string of the molecule is CCCCCCc1nc2nc(N)ncc2[nH]1. The number of anilines is 1. The predicted octanol–water partition coefficient (Wildman–Crippen LogP) is 2.06. The number of hydrogen-bond donors (Lipinski definition) is 2. The molecule has 0 unspecified atom stereocenters. The van der Waals surface area contributed by atoms with Gasteiger partial charge in [0.25, 0.3) is 0 Å². The van der Waals surface area contributed by atoms with E-state index in [1.54, 1.807) is 6.20 Å². The summed E-state index contributed by atoms with van der Waals surface area (Å²) in [7, 11) is 0. The summed E-state index contributed by atoms with van der Waals surface area (Å²) in [6, 6.07) is 0. The second-order valence-electron chi connectivity index (χ2n) is 3.96. The minimum absolute atomic E-state index is 0.275. The van der Waals surface area contributed by atoms with Gasteiger partial charge in [0, 0.05) is 6.42 Å². The van der Waals surface area contributed by atoms with Gasteiger partial charge in [-0.15, -0.1) is 0 Å². The number of nitrogens with one attached hydrogen (secondary N) is 1. The highest BCUT2D eigenvalue weighted by molar-refractivity contribution is 5.70. The van der Waals surface area contributed by atoms with Gasteiger partial charge in [0.05, 0.1) is 6.20 Å². The molecule has 0 fully saturated rings. The molecule has 2 rings (SSSR count). The lowest BCUT2D eigenvalue weighted by molar-refractivity contribution is 0.656. The van der Waals surface area contributed by atoms with Crippen molar-refractivity contribution in [2.45, 2.75) is 39.0 Å². The zero-order valence-electron chi connectivity index (χ0n) is 9.53. The van der Waals surface area contributed by atoms with Crippen molar-refractivity contribution < 1.29 is 0 Å². The minimum atomic E-state index is 0.275. The molecule has 0 radical (unpaired) electrons. The van der Waals surface area contributed by atoms with E-state index in [0.29, 0.717) is 5.65 Å². The van der Waals surface area contributed by atoms with E-state index in [-0.39, 0.29) is 5.95 Å². The van der Waals surface area contributed by atoms with Gasteiger partial charge < -0.3 is 10.7 Å². The van der Waals surface area contributed by atoms with Gasteiger partial charge in [-0.25, -0.2) is 9.97 Å². The van der Waals surface area contributed by atoms with Gasteiger partial charge in [0.1, 0.15) is 11.3 Å². The first-order chi connectivity index (χ1) is 7.79. The topological polar surface area (TPSA) is 80.5 Å². The van der Waals surface area contributed by atoms with Crippen molar-refractivity contribution in [3.8, 4) is 0 Å². The summed E-state index contributed by atoms with van der Waals surface area (Å²) in [5.74, 6) is 1.25. The Morgan fingerprint density at radius 3 is 2.94 bits per heavy atom. The minimum Gasteiger partial charge on any atom is -0.368 e. The highest BCUT2D eigenvalue weighted by atomic mass is 15.1. The van der Waals surface area contributed by atoms with Gasteiger partial charge in [-0.1, -0.05) is 26.2 Å². The third-order valence-corrected chi connectivity index (χ3v) is 2.57. The highest BCUT2D eigenvalue weighted by Crippen LogP contribution is 2.11. The van der Waals surface area contributed by atoms with Crippen LogP contribution in [0.15, 0.2) is 6.20 Å². The number of nitrogens with two attached hydrogens (primary N) is 1. The van der Waals surface area contributed by atoms with Crippen LogP contribution >= 0.6 is 0 Å². The van der Waals surface area contributed by atoms with E-state index in [4.69, 9.17) is 5.73 Å². The van der Waals surface area contributed by atoms with Crippen LogP contribution in [0.2, 0.25) is 0 Å². The molecule has 3 N–H and O–H groups in total. The number of nitrogen functional groups attached to an aromatic ring is 1. The van der Waals surface area contributed by atoms with Crippen molar-refractivity contribution in [1.82, 2.24) is 19.9 Å². The molecule has 2 aromatic heterocycles. The lowest BCUT2D eigenvalue weighted by atomic mass is 10.1. The van der Waals surface area contributed by atoms with Crippen molar-refractivity contribution in [2.24, 2.45) is 0 Å². The molecule has 0 aliphatic rings. The van der Waals surface area contributed by atoms with Crippen LogP contribution in [0.25, 0.3) is 11.2 Å². The molecular formula is C11H17N5. The maximum absolute atomic E-state index is 5.50. The van der Waals surface area contributed by atoms with Crippen LogP contribution in [-0.4, -0.2) is 19.9 Å². The first kappa shape index (κ1) is 10.9. The van der Waals surface area contributed by atoms with Crippen molar-refractivity contribution in [2.75, 3.05) is 5.73 Å². The molecular weight excluding hydrogens is 202 g/mol. The van der Waals surface area contributed by atoms with Crippen LogP contribution in [-0.2, 0) is 6.42 Å². The number of hydrogen-bond acceptors (Lipinski definition) is 4. The van der Waals surface area contributed by atoms with Gasteiger partial charge in [0.15, 0.2) is 5.65 Å². The van der Waals surface area contributed by atoms with Crippen LogP contribution in [0.3, 0.4) is 0 Å². The molecule has 16 heavy (non-hydrogen) atoms. The molecule has 0 saturated heterocycles. The summed E-state index contributed by atoms with van der Waals surface area (Å²) >= 11 is 0. The number of rotatable bonds is 5. The van der Waals surface area contributed by atoms with Crippen molar-refractivity contribution in [3.05, 3.63) is 12.0 Å². The molecule has 0 atom stereocenters. The molecule has 0 amide bonds. The summed E-state index contributed by atoms with van der Waals surface area (Å²) in [5.41, 5.74) is 7.02. The molecule has 5 nitrogen and oxygen atoms in total. The Bertz CT molecular complexity index is 462. The predicted molar refractivity (Wildman–Crippen MR) is 63.9 cm³/mol. The fourth-order valence-electron chi connectivity index (χ4n) is 1.71. The molecule has 0 aromatic carbocycles. The lowest BCUT2D eigenvalue weighted by Gasteiger charge is -1.95. The standard InChI is InChI=1S/C11H17N5/c1-2-3-4-5-6-9-14-8-7-13-11(12)16-10(8)15-9/h7H,2-6H2,1H3,(H3,12,13,14,15,16). The Labute approximate surface area is 94.5 Å². The largest absolute Gasteiger partial charge is 0.368 e. The quantitative estimate of drug-likeness (QED) is 0.754. The van der Waals surface area contributed by atoms with Gasteiger partial charge in [-0.3, -0.25) is 0 Å². The normalized spacial score (nSPS) is 11.1. The van der Waals surface area contributed by atoms with E-state index in [9.17, 15) is 0 Å². The van der Waals surface area contributed by atoms with Crippen LogP contribution in [0, 0.1) is 0 Å². The van der Waals surface area contributed by atoms with Crippen molar-refractivity contribution in [3.63, 3.8) is 0 Å². The van der Waals surface area contributed by atoms with Gasteiger partial charge >= 0.3 is 0 Å². The van der Waals surface area contributed by atoms with Gasteiger partial charge in [0.2, 0.25) is 5.95 Å². The number of aromatic nitrogens is 4. The Hall–Kier alpha value is -1.65. The summed E-state index contributed by atoms with van der Waals surface area (Å²) in [5, 5.41) is 0. The van der Waals surface area contributed by atoms with Crippen LogP contribution < -0.4 is 5.73 Å². The summed E-state index contributed by atoms with van der Waals surface area (Å²) in [6.07, 6.45) is 7.60. The third kappa shape index (κ3) is 2.48. The van der Waals surface area contributed by atoms with Gasteiger partial charge in [-0.2, -0.15) is 4.98 Å². The van der Waals surface area contributed by atoms with E-state index in [1.165, 1.54) is 19.3 Å². The molecule has 2 aromatic rings. The fraction of sp³-hybridized carbons (Fsp3) is 0.545. The summed E-state index contributed by atoms with van der Waals surface area (Å²) < 4.78 is 0. The van der Waals surface area contributed by atoms with E-state index < -0.39 is 0 Å². The fourth-order valence-corrected chi connectivity index (χ4v) is 1.71. The Kier molecular flexibility index (Phi) is 3.34.